The number of hydrogen-bond donors (Lipinski definition) is 3. The molecule has 0 amide bonds. The van der Waals surface area contributed by atoms with E-state index in [2.05, 4.69) is 0 Å². The van der Waals surface area contributed by atoms with Gasteiger partial charge in [0, 0.05) is 24.3 Å². The number of benzene rings is 2. The second-order valence-corrected chi connectivity index (χ2v) is 5.04. The van der Waals surface area contributed by atoms with Gasteiger partial charge >= 0.3 is 0 Å². The van der Waals surface area contributed by atoms with E-state index in [0.29, 0.717) is 11.5 Å². The van der Waals surface area contributed by atoms with Crippen LogP contribution >= 0.6 is 0 Å². The molecule has 3 aromatic rings. The fraction of sp³-hybridized carbons (Fsp3) is 0.118. The second-order valence-electron chi connectivity index (χ2n) is 5.04. The van der Waals surface area contributed by atoms with E-state index < -0.39 is 16.9 Å². The van der Waals surface area contributed by atoms with Gasteiger partial charge in [0.05, 0.1) is 19.8 Å². The molecule has 1 aromatic heterocycles. The zero-order valence-corrected chi connectivity index (χ0v) is 12.9. The molecule has 24 heavy (non-hydrogen) atoms. The van der Waals surface area contributed by atoms with E-state index in [-0.39, 0.29) is 28.0 Å². The van der Waals surface area contributed by atoms with Crippen LogP contribution in [0.2, 0.25) is 0 Å². The third kappa shape index (κ3) is 2.45. The molecule has 0 aliphatic rings. The molecule has 0 bridgehead atoms. The largest absolute Gasteiger partial charge is 0.507 e. The van der Waals surface area contributed by atoms with Crippen molar-refractivity contribution in [1.29, 1.82) is 0 Å². The fourth-order valence-electron chi connectivity index (χ4n) is 2.40. The molecule has 2 aromatic carbocycles. The minimum absolute atomic E-state index is 0.0237. The summed E-state index contributed by atoms with van der Waals surface area (Å²) in [5, 5.41) is 29.2. The van der Waals surface area contributed by atoms with Gasteiger partial charge < -0.3 is 29.2 Å². The molecule has 3 rings (SSSR count). The average Bonchev–Trinajstić information content (AvgIpc) is 2.56. The average molecular weight is 330 g/mol. The summed E-state index contributed by atoms with van der Waals surface area (Å²) in [6, 6.07) is 6.30. The van der Waals surface area contributed by atoms with Crippen LogP contribution in [0, 0.1) is 0 Å². The van der Waals surface area contributed by atoms with Gasteiger partial charge in [0.25, 0.3) is 0 Å². The highest BCUT2D eigenvalue weighted by atomic mass is 16.5. The van der Waals surface area contributed by atoms with Crippen molar-refractivity contribution in [2.75, 3.05) is 14.2 Å². The maximum atomic E-state index is 12.4. The van der Waals surface area contributed by atoms with Gasteiger partial charge in [0.2, 0.25) is 0 Å². The van der Waals surface area contributed by atoms with Crippen LogP contribution < -0.4 is 14.9 Å². The van der Waals surface area contributed by atoms with Crippen molar-refractivity contribution in [2.24, 2.45) is 0 Å². The summed E-state index contributed by atoms with van der Waals surface area (Å²) in [4.78, 5) is 12.4. The van der Waals surface area contributed by atoms with Crippen LogP contribution in [0.25, 0.3) is 22.3 Å². The Hall–Kier alpha value is -3.35. The van der Waals surface area contributed by atoms with E-state index in [1.165, 1.54) is 26.4 Å². The van der Waals surface area contributed by atoms with Crippen molar-refractivity contribution < 1.29 is 29.2 Å². The summed E-state index contributed by atoms with van der Waals surface area (Å²) in [6.07, 6.45) is 0. The molecule has 0 radical (unpaired) electrons. The first kappa shape index (κ1) is 15.5. The van der Waals surface area contributed by atoms with Crippen molar-refractivity contribution >= 4 is 11.0 Å². The number of methoxy groups -OCH3 is 2. The summed E-state index contributed by atoms with van der Waals surface area (Å²) in [5.74, 6) is -0.533. The first-order valence-corrected chi connectivity index (χ1v) is 6.89. The Kier molecular flexibility index (Phi) is 3.69. The molecule has 7 nitrogen and oxygen atoms in total. The number of rotatable bonds is 3. The van der Waals surface area contributed by atoms with Crippen molar-refractivity contribution in [3.63, 3.8) is 0 Å². The molecule has 0 saturated carbocycles. The zero-order valence-electron chi connectivity index (χ0n) is 12.9. The van der Waals surface area contributed by atoms with E-state index in [9.17, 15) is 20.1 Å². The molecule has 1 heterocycles. The third-order valence-electron chi connectivity index (χ3n) is 3.58. The number of phenolic OH excluding ortho intramolecular Hbond substituents is 3. The summed E-state index contributed by atoms with van der Waals surface area (Å²) in [5.41, 5.74) is -0.135. The molecular formula is C17H14O7. The van der Waals surface area contributed by atoms with Crippen molar-refractivity contribution in [1.82, 2.24) is 0 Å². The molecule has 0 saturated heterocycles. The monoisotopic (exact) mass is 330 g/mol. The molecule has 0 atom stereocenters. The van der Waals surface area contributed by atoms with Gasteiger partial charge in [-0.1, -0.05) is 0 Å². The second kappa shape index (κ2) is 5.69. The standard InChI is InChI=1S/C17H14O7/c1-22-8-3-15(23-2)17-13(21)7-14(24-16(17)4-8)9-5-11(19)12(20)6-10(9)18/h3-7,18-20H,1-2H3. The molecule has 0 unspecified atom stereocenters. The highest BCUT2D eigenvalue weighted by molar-refractivity contribution is 5.87. The van der Waals surface area contributed by atoms with Crippen LogP contribution in [0.1, 0.15) is 0 Å². The van der Waals surface area contributed by atoms with Gasteiger partial charge in [-0.2, -0.15) is 0 Å². The van der Waals surface area contributed by atoms with Crippen LogP contribution in [0.4, 0.5) is 0 Å². The van der Waals surface area contributed by atoms with Gasteiger partial charge in [-0.05, 0) is 6.07 Å². The fourth-order valence-corrected chi connectivity index (χ4v) is 2.40. The highest BCUT2D eigenvalue weighted by Gasteiger charge is 2.17. The number of hydrogen-bond acceptors (Lipinski definition) is 7. The molecule has 7 heteroatoms. The topological polar surface area (TPSA) is 109 Å². The van der Waals surface area contributed by atoms with E-state index in [1.54, 1.807) is 6.07 Å². The van der Waals surface area contributed by atoms with Gasteiger partial charge in [-0.15, -0.1) is 0 Å². The number of ether oxygens (including phenoxy) is 2. The number of phenols is 3. The van der Waals surface area contributed by atoms with Crippen molar-refractivity contribution in [3.8, 4) is 40.1 Å². The maximum Gasteiger partial charge on any atom is 0.197 e. The third-order valence-corrected chi connectivity index (χ3v) is 3.58. The Morgan fingerprint density at radius 2 is 1.58 bits per heavy atom. The summed E-state index contributed by atoms with van der Waals surface area (Å²) >= 11 is 0. The van der Waals surface area contributed by atoms with Crippen LogP contribution in [-0.2, 0) is 0 Å². The van der Waals surface area contributed by atoms with E-state index in [4.69, 9.17) is 13.9 Å². The summed E-state index contributed by atoms with van der Waals surface area (Å²) in [7, 11) is 2.89. The zero-order chi connectivity index (χ0) is 17.4. The van der Waals surface area contributed by atoms with E-state index in [1.807, 2.05) is 0 Å². The molecule has 0 spiro atoms. The lowest BCUT2D eigenvalue weighted by Crippen LogP contribution is -2.03. The van der Waals surface area contributed by atoms with Crippen molar-refractivity contribution in [3.05, 3.63) is 40.6 Å². The summed E-state index contributed by atoms with van der Waals surface area (Å²) in [6.45, 7) is 0. The molecule has 0 aliphatic carbocycles. The van der Waals surface area contributed by atoms with E-state index in [0.717, 1.165) is 12.1 Å². The van der Waals surface area contributed by atoms with Gasteiger partial charge in [0.15, 0.2) is 16.9 Å². The Bertz CT molecular complexity index is 988. The van der Waals surface area contributed by atoms with E-state index >= 15 is 0 Å². The molecule has 0 fully saturated rings. The highest BCUT2D eigenvalue weighted by Crippen LogP contribution is 2.39. The normalized spacial score (nSPS) is 10.8. The molecule has 124 valence electrons. The number of aromatic hydroxyl groups is 3. The van der Waals surface area contributed by atoms with Gasteiger partial charge in [0.1, 0.15) is 34.0 Å². The lowest BCUT2D eigenvalue weighted by Gasteiger charge is -2.10. The maximum absolute atomic E-state index is 12.4. The van der Waals surface area contributed by atoms with Crippen LogP contribution in [0.15, 0.2) is 39.5 Å². The van der Waals surface area contributed by atoms with Gasteiger partial charge in [-0.3, -0.25) is 4.79 Å². The summed E-state index contributed by atoms with van der Waals surface area (Å²) < 4.78 is 16.0. The van der Waals surface area contributed by atoms with Crippen LogP contribution in [-0.4, -0.2) is 29.5 Å². The Labute approximate surface area is 135 Å². The predicted molar refractivity (Wildman–Crippen MR) is 86.0 cm³/mol. The van der Waals surface area contributed by atoms with Crippen LogP contribution in [0.3, 0.4) is 0 Å². The van der Waals surface area contributed by atoms with Gasteiger partial charge in [-0.25, -0.2) is 0 Å². The minimum atomic E-state index is -0.484. The predicted octanol–water partition coefficient (Wildman–Crippen LogP) is 2.59. The van der Waals surface area contributed by atoms with Crippen LogP contribution in [0.5, 0.6) is 28.7 Å². The molecular weight excluding hydrogens is 316 g/mol. The smallest absolute Gasteiger partial charge is 0.197 e. The first-order valence-electron chi connectivity index (χ1n) is 6.89. The quantitative estimate of drug-likeness (QED) is 0.500. The molecule has 0 aliphatic heterocycles. The first-order chi connectivity index (χ1) is 11.4. The Balaban J connectivity index is 2.32. The number of fused-ring (bicyclic) bond motifs is 1. The van der Waals surface area contributed by atoms with Crippen molar-refractivity contribution in [2.45, 2.75) is 0 Å². The SMILES string of the molecule is COc1cc(OC)c2c(=O)cc(-c3cc(O)c(O)cc3O)oc2c1. The minimum Gasteiger partial charge on any atom is -0.507 e. The lowest BCUT2D eigenvalue weighted by molar-refractivity contribution is 0.395. The Morgan fingerprint density at radius 1 is 0.875 bits per heavy atom. The lowest BCUT2D eigenvalue weighted by atomic mass is 10.1. The Morgan fingerprint density at radius 3 is 2.25 bits per heavy atom. The molecule has 3 N–H and O–H groups in total.